The van der Waals surface area contributed by atoms with Gasteiger partial charge in [0.2, 0.25) is 11.8 Å². The van der Waals surface area contributed by atoms with Crippen LogP contribution in [0.15, 0.2) is 18.2 Å². The molecule has 3 amide bonds. The minimum atomic E-state index is -0.564. The second kappa shape index (κ2) is 7.05. The van der Waals surface area contributed by atoms with Crippen LogP contribution < -0.4 is 11.1 Å². The molecule has 3 N–H and O–H groups in total. The van der Waals surface area contributed by atoms with Crippen LogP contribution in [-0.4, -0.2) is 52.2 Å². The molecule has 3 aliphatic heterocycles. The van der Waals surface area contributed by atoms with Gasteiger partial charge in [0, 0.05) is 43.7 Å². The summed E-state index contributed by atoms with van der Waals surface area (Å²) in [5.41, 5.74) is 8.89. The number of amides is 3. The molecule has 0 spiro atoms. The first-order chi connectivity index (χ1) is 12.9. The summed E-state index contributed by atoms with van der Waals surface area (Å²) in [4.78, 5) is 40.2. The molecule has 2 fully saturated rings. The van der Waals surface area contributed by atoms with E-state index in [9.17, 15) is 14.4 Å². The second-order valence-electron chi connectivity index (χ2n) is 8.01. The van der Waals surface area contributed by atoms with Gasteiger partial charge >= 0.3 is 0 Å². The van der Waals surface area contributed by atoms with E-state index in [-0.39, 0.29) is 30.2 Å². The highest BCUT2D eigenvalue weighted by atomic mass is 16.2. The van der Waals surface area contributed by atoms with Crippen molar-refractivity contribution < 1.29 is 14.4 Å². The summed E-state index contributed by atoms with van der Waals surface area (Å²) >= 11 is 0. The summed E-state index contributed by atoms with van der Waals surface area (Å²) in [6.45, 7) is 4.35. The first-order valence-electron chi connectivity index (χ1n) is 9.68. The van der Waals surface area contributed by atoms with Crippen LogP contribution >= 0.6 is 0 Å². The molecule has 7 nitrogen and oxygen atoms in total. The Morgan fingerprint density at radius 3 is 2.78 bits per heavy atom. The van der Waals surface area contributed by atoms with Gasteiger partial charge < -0.3 is 10.6 Å². The molecule has 0 aliphatic carbocycles. The van der Waals surface area contributed by atoms with E-state index in [0.717, 1.165) is 37.1 Å². The smallest absolute Gasteiger partial charge is 0.255 e. The number of nitrogens with zero attached hydrogens (tertiary/aromatic N) is 2. The molecule has 1 unspecified atom stereocenters. The van der Waals surface area contributed by atoms with Crippen molar-refractivity contribution in [2.24, 2.45) is 5.73 Å². The number of rotatable bonds is 3. The summed E-state index contributed by atoms with van der Waals surface area (Å²) in [5.74, 6) is -0.764. The molecule has 3 atom stereocenters. The van der Waals surface area contributed by atoms with Crippen LogP contribution in [0.2, 0.25) is 0 Å². The van der Waals surface area contributed by atoms with Crippen LogP contribution in [0.25, 0.3) is 0 Å². The number of imide groups is 1. The third kappa shape index (κ3) is 3.49. The van der Waals surface area contributed by atoms with Crippen LogP contribution in [-0.2, 0) is 22.7 Å². The summed E-state index contributed by atoms with van der Waals surface area (Å²) < 4.78 is 0. The summed E-state index contributed by atoms with van der Waals surface area (Å²) in [7, 11) is 0. The Balaban J connectivity index is 1.49. The van der Waals surface area contributed by atoms with Gasteiger partial charge in [-0.15, -0.1) is 0 Å². The molecule has 2 saturated heterocycles. The predicted molar refractivity (Wildman–Crippen MR) is 99.6 cm³/mol. The lowest BCUT2D eigenvalue weighted by Gasteiger charge is -2.36. The molecule has 7 heteroatoms. The fourth-order valence-corrected chi connectivity index (χ4v) is 4.39. The lowest BCUT2D eigenvalue weighted by atomic mass is 9.98. The van der Waals surface area contributed by atoms with Crippen molar-refractivity contribution in [3.8, 4) is 0 Å². The zero-order chi connectivity index (χ0) is 19.1. The number of piperidine rings is 2. The molecule has 27 heavy (non-hydrogen) atoms. The number of fused-ring (bicyclic) bond motifs is 1. The average molecular weight is 370 g/mol. The Labute approximate surface area is 158 Å². The molecule has 0 radical (unpaired) electrons. The largest absolute Gasteiger partial charge is 0.327 e. The summed E-state index contributed by atoms with van der Waals surface area (Å²) in [6.07, 6.45) is 2.83. The van der Waals surface area contributed by atoms with Gasteiger partial charge in [-0.2, -0.15) is 0 Å². The van der Waals surface area contributed by atoms with Crippen molar-refractivity contribution in [3.63, 3.8) is 0 Å². The minimum Gasteiger partial charge on any atom is -0.327 e. The van der Waals surface area contributed by atoms with Gasteiger partial charge in [0.15, 0.2) is 0 Å². The van der Waals surface area contributed by atoms with Gasteiger partial charge in [0.05, 0.1) is 0 Å². The fraction of sp³-hybridized carbons (Fsp3) is 0.550. The number of hydrogen-bond acceptors (Lipinski definition) is 5. The first-order valence-corrected chi connectivity index (χ1v) is 9.68. The standard InChI is InChI=1S/C20H26N4O3/c1-12-2-4-15(21)11-23(12)9-13-3-5-16-14(8-13)10-24(20(16)27)17-6-7-18(25)22-19(17)26/h3,5,8,12,15,17H,2,4,6-7,9-11,21H2,1H3,(H,22,25,26)/t12-,15-,17?/m1/s1. The topological polar surface area (TPSA) is 95.7 Å². The van der Waals surface area contributed by atoms with Crippen molar-refractivity contribution in [2.75, 3.05) is 6.54 Å². The quantitative estimate of drug-likeness (QED) is 0.766. The van der Waals surface area contributed by atoms with Crippen LogP contribution in [0.5, 0.6) is 0 Å². The van der Waals surface area contributed by atoms with Crippen LogP contribution in [0.1, 0.15) is 54.1 Å². The van der Waals surface area contributed by atoms with E-state index >= 15 is 0 Å². The van der Waals surface area contributed by atoms with E-state index in [2.05, 4.69) is 23.2 Å². The molecule has 0 saturated carbocycles. The number of carbonyl (C=O) groups excluding carboxylic acids is 3. The molecule has 3 heterocycles. The molecule has 1 aromatic rings. The molecule has 0 bridgehead atoms. The Morgan fingerprint density at radius 2 is 2.00 bits per heavy atom. The number of benzene rings is 1. The third-order valence-electron chi connectivity index (χ3n) is 6.02. The monoisotopic (exact) mass is 370 g/mol. The van der Waals surface area contributed by atoms with E-state index < -0.39 is 6.04 Å². The van der Waals surface area contributed by atoms with Gasteiger partial charge in [0.1, 0.15) is 6.04 Å². The molecule has 3 aliphatic rings. The highest BCUT2D eigenvalue weighted by molar-refractivity contribution is 6.05. The van der Waals surface area contributed by atoms with Crippen LogP contribution in [0.4, 0.5) is 0 Å². The maximum absolute atomic E-state index is 12.8. The lowest BCUT2D eigenvalue weighted by Crippen LogP contribution is -2.52. The van der Waals surface area contributed by atoms with E-state index in [0.29, 0.717) is 24.6 Å². The molecular weight excluding hydrogens is 344 g/mol. The number of likely N-dealkylation sites (tertiary alicyclic amines) is 1. The van der Waals surface area contributed by atoms with Crippen LogP contribution in [0.3, 0.4) is 0 Å². The zero-order valence-electron chi connectivity index (χ0n) is 15.6. The maximum Gasteiger partial charge on any atom is 0.255 e. The molecule has 1 aromatic carbocycles. The predicted octanol–water partition coefficient (Wildman–Crippen LogP) is 0.759. The van der Waals surface area contributed by atoms with Crippen molar-refractivity contribution >= 4 is 17.7 Å². The average Bonchev–Trinajstić information content (AvgIpc) is 2.94. The van der Waals surface area contributed by atoms with Crippen molar-refractivity contribution in [1.29, 1.82) is 0 Å². The Kier molecular flexibility index (Phi) is 4.74. The highest BCUT2D eigenvalue weighted by Crippen LogP contribution is 2.29. The summed E-state index contributed by atoms with van der Waals surface area (Å²) in [6, 6.07) is 6.10. The van der Waals surface area contributed by atoms with Crippen molar-refractivity contribution in [2.45, 2.75) is 63.8 Å². The van der Waals surface area contributed by atoms with Gasteiger partial charge in [-0.25, -0.2) is 0 Å². The molecule has 4 rings (SSSR count). The van der Waals surface area contributed by atoms with Gasteiger partial charge in [-0.05, 0) is 43.4 Å². The fourth-order valence-electron chi connectivity index (χ4n) is 4.39. The van der Waals surface area contributed by atoms with E-state index in [1.54, 1.807) is 4.90 Å². The third-order valence-corrected chi connectivity index (χ3v) is 6.02. The van der Waals surface area contributed by atoms with Gasteiger partial charge in [-0.3, -0.25) is 24.6 Å². The molecular formula is C20H26N4O3. The zero-order valence-corrected chi connectivity index (χ0v) is 15.6. The van der Waals surface area contributed by atoms with E-state index in [1.165, 1.54) is 0 Å². The summed E-state index contributed by atoms with van der Waals surface area (Å²) in [5, 5.41) is 2.34. The number of nitrogens with two attached hydrogens (primary N) is 1. The normalized spacial score (nSPS) is 29.0. The number of nitrogens with one attached hydrogen (secondary N) is 1. The van der Waals surface area contributed by atoms with Gasteiger partial charge in [0.25, 0.3) is 5.91 Å². The van der Waals surface area contributed by atoms with Crippen molar-refractivity contribution in [1.82, 2.24) is 15.1 Å². The SMILES string of the molecule is C[C@@H]1CC[C@@H](N)CN1Cc1ccc2c(c1)CN(C1CCC(=O)NC1=O)C2=O. The van der Waals surface area contributed by atoms with Crippen LogP contribution in [0, 0.1) is 0 Å². The second-order valence-corrected chi connectivity index (χ2v) is 8.01. The molecule has 0 aromatic heterocycles. The Morgan fingerprint density at radius 1 is 1.19 bits per heavy atom. The number of carbonyl (C=O) groups is 3. The lowest BCUT2D eigenvalue weighted by molar-refractivity contribution is -0.136. The van der Waals surface area contributed by atoms with Crippen molar-refractivity contribution in [3.05, 3.63) is 34.9 Å². The van der Waals surface area contributed by atoms with Gasteiger partial charge in [-0.1, -0.05) is 12.1 Å². The minimum absolute atomic E-state index is 0.126. The first kappa shape index (κ1) is 18.1. The highest BCUT2D eigenvalue weighted by Gasteiger charge is 2.39. The Bertz CT molecular complexity index is 793. The maximum atomic E-state index is 12.8. The van der Waals surface area contributed by atoms with E-state index in [4.69, 9.17) is 5.73 Å². The van der Waals surface area contributed by atoms with E-state index in [1.807, 2.05) is 12.1 Å². The molecule has 144 valence electrons. The number of hydrogen-bond donors (Lipinski definition) is 2. The Hall–Kier alpha value is -2.25.